The van der Waals surface area contributed by atoms with E-state index in [-0.39, 0.29) is 0 Å². The Morgan fingerprint density at radius 1 is 1.21 bits per heavy atom. The molecule has 1 aromatic heterocycles. The fourth-order valence-electron chi connectivity index (χ4n) is 1.38. The molecule has 2 rings (SSSR count). The molecule has 0 atom stereocenters. The Morgan fingerprint density at radius 2 is 2.00 bits per heavy atom. The molecule has 72 valence electrons. The van der Waals surface area contributed by atoms with Crippen LogP contribution in [0, 0.1) is 0 Å². The molecule has 0 saturated carbocycles. The lowest BCUT2D eigenvalue weighted by molar-refractivity contribution is 0.806. The second-order valence-corrected chi connectivity index (χ2v) is 3.00. The fourth-order valence-corrected chi connectivity index (χ4v) is 1.38. The largest absolute Gasteiger partial charge is 0.397 e. The molecule has 0 bridgehead atoms. The van der Waals surface area contributed by atoms with Crippen molar-refractivity contribution in [2.75, 3.05) is 5.73 Å². The highest BCUT2D eigenvalue weighted by molar-refractivity contribution is 5.57. The predicted molar refractivity (Wildman–Crippen MR) is 55.9 cm³/mol. The van der Waals surface area contributed by atoms with Crippen LogP contribution in [0.1, 0.15) is 5.69 Å². The third-order valence-electron chi connectivity index (χ3n) is 2.10. The van der Waals surface area contributed by atoms with E-state index in [1.165, 1.54) is 0 Å². The van der Waals surface area contributed by atoms with E-state index in [0.717, 1.165) is 11.4 Å². The Bertz CT molecular complexity index is 433. The molecule has 14 heavy (non-hydrogen) atoms. The monoisotopic (exact) mass is 188 g/mol. The molecule has 0 unspecified atom stereocenters. The summed E-state index contributed by atoms with van der Waals surface area (Å²) in [5.74, 6) is 0. The van der Waals surface area contributed by atoms with Crippen LogP contribution in [-0.4, -0.2) is 9.78 Å². The Kier molecular flexibility index (Phi) is 2.20. The van der Waals surface area contributed by atoms with E-state index < -0.39 is 0 Å². The molecule has 4 N–H and O–H groups in total. The quantitative estimate of drug-likeness (QED) is 0.688. The Labute approximate surface area is 82.1 Å². The first-order chi connectivity index (χ1) is 6.83. The van der Waals surface area contributed by atoms with Crippen LogP contribution in [0.2, 0.25) is 0 Å². The summed E-state index contributed by atoms with van der Waals surface area (Å²) in [4.78, 5) is 0. The van der Waals surface area contributed by atoms with Gasteiger partial charge in [0, 0.05) is 12.7 Å². The molecule has 0 amide bonds. The number of nitrogens with zero attached hydrogens (tertiary/aromatic N) is 2. The summed E-state index contributed by atoms with van der Waals surface area (Å²) >= 11 is 0. The summed E-state index contributed by atoms with van der Waals surface area (Å²) < 4.78 is 1.76. The third kappa shape index (κ3) is 1.36. The van der Waals surface area contributed by atoms with Gasteiger partial charge in [0.25, 0.3) is 0 Å². The lowest BCUT2D eigenvalue weighted by atomic mass is 10.2. The van der Waals surface area contributed by atoms with Crippen LogP contribution < -0.4 is 11.5 Å². The topological polar surface area (TPSA) is 69.9 Å². The van der Waals surface area contributed by atoms with Crippen LogP contribution in [0.25, 0.3) is 5.69 Å². The van der Waals surface area contributed by atoms with Crippen molar-refractivity contribution < 1.29 is 0 Å². The average molecular weight is 188 g/mol. The molecule has 4 heteroatoms. The summed E-state index contributed by atoms with van der Waals surface area (Å²) in [5.41, 5.74) is 13.9. The van der Waals surface area contributed by atoms with Crippen molar-refractivity contribution in [3.8, 4) is 5.69 Å². The van der Waals surface area contributed by atoms with Crippen LogP contribution in [0.5, 0.6) is 0 Å². The Hall–Kier alpha value is -1.81. The average Bonchev–Trinajstić information content (AvgIpc) is 2.66. The van der Waals surface area contributed by atoms with Crippen molar-refractivity contribution >= 4 is 5.69 Å². The van der Waals surface area contributed by atoms with Gasteiger partial charge >= 0.3 is 0 Å². The number of rotatable bonds is 2. The minimum atomic E-state index is 0.453. The SMILES string of the molecule is NCc1ccnn1-c1ccccc1N. The first-order valence-corrected chi connectivity index (χ1v) is 4.41. The van der Waals surface area contributed by atoms with Crippen molar-refractivity contribution in [2.24, 2.45) is 5.73 Å². The highest BCUT2D eigenvalue weighted by Crippen LogP contribution is 2.16. The van der Waals surface area contributed by atoms with E-state index in [4.69, 9.17) is 11.5 Å². The molecule has 2 aromatic rings. The molecule has 4 nitrogen and oxygen atoms in total. The second kappa shape index (κ2) is 3.51. The molecule has 0 aliphatic rings. The molecule has 0 spiro atoms. The number of nitrogens with two attached hydrogens (primary N) is 2. The van der Waals surface area contributed by atoms with Gasteiger partial charge in [0.2, 0.25) is 0 Å². The first kappa shape index (κ1) is 8.77. The maximum Gasteiger partial charge on any atom is 0.0878 e. The van der Waals surface area contributed by atoms with Gasteiger partial charge in [-0.1, -0.05) is 12.1 Å². The predicted octanol–water partition coefficient (Wildman–Crippen LogP) is 0.913. The molecule has 0 aliphatic carbocycles. The summed E-state index contributed by atoms with van der Waals surface area (Å²) in [6.07, 6.45) is 1.72. The van der Waals surface area contributed by atoms with E-state index in [9.17, 15) is 0 Å². The maximum atomic E-state index is 5.83. The van der Waals surface area contributed by atoms with E-state index in [1.54, 1.807) is 10.9 Å². The van der Waals surface area contributed by atoms with Crippen molar-refractivity contribution in [3.63, 3.8) is 0 Å². The number of nitrogen functional groups attached to an aromatic ring is 1. The molecule has 1 heterocycles. The van der Waals surface area contributed by atoms with E-state index >= 15 is 0 Å². The number of benzene rings is 1. The number of hydrogen-bond acceptors (Lipinski definition) is 3. The molecule has 0 fully saturated rings. The van der Waals surface area contributed by atoms with E-state index in [1.807, 2.05) is 30.3 Å². The van der Waals surface area contributed by atoms with Crippen LogP contribution in [0.3, 0.4) is 0 Å². The Balaban J connectivity index is 2.54. The second-order valence-electron chi connectivity index (χ2n) is 3.00. The highest BCUT2D eigenvalue weighted by Gasteiger charge is 2.05. The smallest absolute Gasteiger partial charge is 0.0878 e. The molecule has 1 aromatic carbocycles. The van der Waals surface area contributed by atoms with Crippen LogP contribution in [-0.2, 0) is 6.54 Å². The number of hydrogen-bond donors (Lipinski definition) is 2. The third-order valence-corrected chi connectivity index (χ3v) is 2.10. The van der Waals surface area contributed by atoms with Gasteiger partial charge in [0.15, 0.2) is 0 Å². The van der Waals surface area contributed by atoms with Crippen molar-refractivity contribution in [1.29, 1.82) is 0 Å². The van der Waals surface area contributed by atoms with Gasteiger partial charge in [-0.3, -0.25) is 0 Å². The number of anilines is 1. The molecular formula is C10H12N4. The highest BCUT2D eigenvalue weighted by atomic mass is 15.3. The zero-order valence-electron chi connectivity index (χ0n) is 7.72. The van der Waals surface area contributed by atoms with E-state index in [2.05, 4.69) is 5.10 Å². The molecule has 0 radical (unpaired) electrons. The molecule has 0 saturated heterocycles. The zero-order chi connectivity index (χ0) is 9.97. The standard InChI is InChI=1S/C10H12N4/c11-7-8-5-6-13-14(8)10-4-2-1-3-9(10)12/h1-6H,7,11-12H2. The summed E-state index contributed by atoms with van der Waals surface area (Å²) in [7, 11) is 0. The normalized spacial score (nSPS) is 10.4. The van der Waals surface area contributed by atoms with Gasteiger partial charge < -0.3 is 11.5 Å². The summed E-state index contributed by atoms with van der Waals surface area (Å²) in [5, 5.41) is 4.17. The van der Waals surface area contributed by atoms with Crippen molar-refractivity contribution in [3.05, 3.63) is 42.2 Å². The van der Waals surface area contributed by atoms with Crippen LogP contribution in [0.4, 0.5) is 5.69 Å². The van der Waals surface area contributed by atoms with Gasteiger partial charge in [-0.25, -0.2) is 4.68 Å². The lowest BCUT2D eigenvalue weighted by Crippen LogP contribution is -2.08. The minimum absolute atomic E-state index is 0.453. The van der Waals surface area contributed by atoms with E-state index in [0.29, 0.717) is 12.2 Å². The summed E-state index contributed by atoms with van der Waals surface area (Å²) in [6, 6.07) is 9.46. The van der Waals surface area contributed by atoms with Crippen molar-refractivity contribution in [1.82, 2.24) is 9.78 Å². The lowest BCUT2D eigenvalue weighted by Gasteiger charge is -2.07. The van der Waals surface area contributed by atoms with Crippen LogP contribution in [0.15, 0.2) is 36.5 Å². The van der Waals surface area contributed by atoms with Gasteiger partial charge in [-0.2, -0.15) is 5.10 Å². The van der Waals surface area contributed by atoms with Gasteiger partial charge in [-0.15, -0.1) is 0 Å². The fraction of sp³-hybridized carbons (Fsp3) is 0.100. The zero-order valence-corrected chi connectivity index (χ0v) is 7.72. The molecule has 0 aliphatic heterocycles. The maximum absolute atomic E-state index is 5.83. The molecular weight excluding hydrogens is 176 g/mol. The van der Waals surface area contributed by atoms with Crippen molar-refractivity contribution in [2.45, 2.75) is 6.54 Å². The van der Waals surface area contributed by atoms with Gasteiger partial charge in [0.05, 0.1) is 17.1 Å². The first-order valence-electron chi connectivity index (χ1n) is 4.41. The summed E-state index contributed by atoms with van der Waals surface area (Å²) in [6.45, 7) is 0.453. The van der Waals surface area contributed by atoms with Gasteiger partial charge in [-0.05, 0) is 18.2 Å². The van der Waals surface area contributed by atoms with Crippen LogP contribution >= 0.6 is 0 Å². The van der Waals surface area contributed by atoms with Gasteiger partial charge in [0.1, 0.15) is 0 Å². The number of para-hydroxylation sites is 2. The minimum Gasteiger partial charge on any atom is -0.397 e. The number of aromatic nitrogens is 2. The Morgan fingerprint density at radius 3 is 2.71 bits per heavy atom.